The van der Waals surface area contributed by atoms with Crippen LogP contribution in [0.25, 0.3) is 0 Å². The van der Waals surface area contributed by atoms with E-state index in [1.165, 1.54) is 37.3 Å². The number of sulfonamides is 1. The van der Waals surface area contributed by atoms with Gasteiger partial charge in [-0.25, -0.2) is 8.42 Å². The van der Waals surface area contributed by atoms with Crippen molar-refractivity contribution in [2.75, 3.05) is 38.2 Å². The highest BCUT2D eigenvalue weighted by Crippen LogP contribution is 2.33. The SMILES string of the molecule is CCOc1ccc(N(CC(=O)N(CCc2ccccc2)C(C)C(=O)NC(C)C)S(=O)(=O)c2ccc(OC)c(OC)c2)cc1. The lowest BCUT2D eigenvalue weighted by molar-refractivity contribution is -0.139. The van der Waals surface area contributed by atoms with Crippen LogP contribution in [0.15, 0.2) is 77.7 Å². The first-order valence-electron chi connectivity index (χ1n) is 14.1. The Hall–Kier alpha value is -4.25. The highest BCUT2D eigenvalue weighted by Gasteiger charge is 2.33. The van der Waals surface area contributed by atoms with Crippen LogP contribution < -0.4 is 23.8 Å². The number of hydrogen-bond donors (Lipinski definition) is 1. The van der Waals surface area contributed by atoms with Gasteiger partial charge in [0, 0.05) is 18.7 Å². The number of carbonyl (C=O) groups is 2. The summed E-state index contributed by atoms with van der Waals surface area (Å²) in [5.41, 5.74) is 1.24. The molecule has 232 valence electrons. The maximum absolute atomic E-state index is 14.1. The lowest BCUT2D eigenvalue weighted by atomic mass is 10.1. The molecule has 0 heterocycles. The lowest BCUT2D eigenvalue weighted by Crippen LogP contribution is -2.53. The van der Waals surface area contributed by atoms with Gasteiger partial charge >= 0.3 is 0 Å². The van der Waals surface area contributed by atoms with Crippen LogP contribution in [-0.2, 0) is 26.0 Å². The van der Waals surface area contributed by atoms with Gasteiger partial charge in [-0.15, -0.1) is 0 Å². The molecule has 0 saturated carbocycles. The van der Waals surface area contributed by atoms with Crippen LogP contribution >= 0.6 is 0 Å². The van der Waals surface area contributed by atoms with Crippen LogP contribution in [0.2, 0.25) is 0 Å². The van der Waals surface area contributed by atoms with Gasteiger partial charge in [-0.1, -0.05) is 30.3 Å². The molecule has 2 amide bonds. The van der Waals surface area contributed by atoms with Gasteiger partial charge in [-0.05, 0) is 76.1 Å². The summed E-state index contributed by atoms with van der Waals surface area (Å²) in [5, 5.41) is 2.85. The van der Waals surface area contributed by atoms with Crippen molar-refractivity contribution < 1.29 is 32.2 Å². The minimum absolute atomic E-state index is 0.0896. The Morgan fingerprint density at radius 2 is 1.53 bits per heavy atom. The topological polar surface area (TPSA) is 114 Å². The first kappa shape index (κ1) is 33.3. The zero-order chi connectivity index (χ0) is 31.6. The van der Waals surface area contributed by atoms with Crippen molar-refractivity contribution >= 4 is 27.5 Å². The molecular formula is C32H41N3O7S. The summed E-state index contributed by atoms with van der Waals surface area (Å²) < 4.78 is 45.5. The summed E-state index contributed by atoms with van der Waals surface area (Å²) in [6, 6.07) is 19.3. The van der Waals surface area contributed by atoms with Crippen molar-refractivity contribution in [2.45, 2.75) is 51.1 Å². The Labute approximate surface area is 254 Å². The molecule has 1 atom stereocenters. The number of anilines is 1. The maximum atomic E-state index is 14.1. The second-order valence-corrected chi connectivity index (χ2v) is 12.0. The molecule has 0 radical (unpaired) electrons. The van der Waals surface area contributed by atoms with E-state index in [-0.39, 0.29) is 34.8 Å². The van der Waals surface area contributed by atoms with Crippen molar-refractivity contribution in [2.24, 2.45) is 0 Å². The Kier molecular flexibility index (Phi) is 11.8. The standard InChI is InChI=1S/C32H41N3O7S/c1-7-42-27-15-13-26(14-16-27)35(43(38,39)28-17-18-29(40-5)30(21-28)41-6)22-31(36)34(24(4)32(37)33-23(2)3)20-19-25-11-9-8-10-12-25/h8-18,21,23-24H,7,19-20,22H2,1-6H3,(H,33,37). The number of ether oxygens (including phenoxy) is 3. The second kappa shape index (κ2) is 15.3. The van der Waals surface area contributed by atoms with Crippen LogP contribution in [0.5, 0.6) is 17.2 Å². The molecule has 0 aliphatic heterocycles. The van der Waals surface area contributed by atoms with E-state index in [1.54, 1.807) is 31.2 Å². The molecule has 0 aliphatic rings. The average Bonchev–Trinajstić information content (AvgIpc) is 3.00. The molecule has 0 spiro atoms. The fourth-order valence-electron chi connectivity index (χ4n) is 4.48. The molecule has 0 aromatic heterocycles. The van der Waals surface area contributed by atoms with E-state index >= 15 is 0 Å². The molecule has 1 unspecified atom stereocenters. The monoisotopic (exact) mass is 611 g/mol. The Balaban J connectivity index is 2.04. The summed E-state index contributed by atoms with van der Waals surface area (Å²) in [5.74, 6) is 0.295. The van der Waals surface area contributed by atoms with Crippen molar-refractivity contribution in [3.63, 3.8) is 0 Å². The average molecular weight is 612 g/mol. The Morgan fingerprint density at radius 1 is 0.884 bits per heavy atom. The third-order valence-corrected chi connectivity index (χ3v) is 8.51. The number of rotatable bonds is 15. The third kappa shape index (κ3) is 8.63. The number of nitrogens with one attached hydrogen (secondary N) is 1. The molecule has 0 bridgehead atoms. The zero-order valence-corrected chi connectivity index (χ0v) is 26.4. The van der Waals surface area contributed by atoms with Gasteiger partial charge in [0.05, 0.1) is 31.4 Å². The Bertz CT molecular complexity index is 1460. The number of carbonyl (C=O) groups excluding carboxylic acids is 2. The number of amides is 2. The Morgan fingerprint density at radius 3 is 2.12 bits per heavy atom. The highest BCUT2D eigenvalue weighted by molar-refractivity contribution is 7.92. The molecule has 11 heteroatoms. The van der Waals surface area contributed by atoms with Crippen LogP contribution in [0.1, 0.15) is 33.3 Å². The minimum atomic E-state index is -4.29. The fourth-order valence-corrected chi connectivity index (χ4v) is 5.91. The van der Waals surface area contributed by atoms with Gasteiger partial charge in [0.2, 0.25) is 11.8 Å². The van der Waals surface area contributed by atoms with Crippen LogP contribution in [0, 0.1) is 0 Å². The van der Waals surface area contributed by atoms with E-state index in [1.807, 2.05) is 51.1 Å². The summed E-state index contributed by atoms with van der Waals surface area (Å²) in [6.07, 6.45) is 0.483. The predicted octanol–water partition coefficient (Wildman–Crippen LogP) is 4.28. The van der Waals surface area contributed by atoms with Crippen molar-refractivity contribution in [3.8, 4) is 17.2 Å². The second-order valence-electron chi connectivity index (χ2n) is 10.1. The lowest BCUT2D eigenvalue weighted by Gasteiger charge is -2.32. The molecule has 0 saturated heterocycles. The number of nitrogens with zero attached hydrogens (tertiary/aromatic N) is 2. The van der Waals surface area contributed by atoms with Gasteiger partial charge in [-0.2, -0.15) is 0 Å². The van der Waals surface area contributed by atoms with Crippen LogP contribution in [0.4, 0.5) is 5.69 Å². The summed E-state index contributed by atoms with van der Waals surface area (Å²) in [4.78, 5) is 28.4. The quantitative estimate of drug-likeness (QED) is 0.273. The smallest absolute Gasteiger partial charge is 0.264 e. The molecule has 43 heavy (non-hydrogen) atoms. The minimum Gasteiger partial charge on any atom is -0.494 e. The highest BCUT2D eigenvalue weighted by atomic mass is 32.2. The van der Waals surface area contributed by atoms with Crippen molar-refractivity contribution in [3.05, 3.63) is 78.4 Å². The normalized spacial score (nSPS) is 11.9. The van der Waals surface area contributed by atoms with Crippen LogP contribution in [0.3, 0.4) is 0 Å². The zero-order valence-electron chi connectivity index (χ0n) is 25.6. The number of hydrogen-bond acceptors (Lipinski definition) is 7. The van der Waals surface area contributed by atoms with Gasteiger partial charge in [0.15, 0.2) is 11.5 Å². The molecule has 3 rings (SSSR count). The summed E-state index contributed by atoms with van der Waals surface area (Å²) in [7, 11) is -1.42. The molecule has 3 aromatic rings. The van der Waals surface area contributed by atoms with Crippen molar-refractivity contribution in [1.29, 1.82) is 0 Å². The van der Waals surface area contributed by atoms with Gasteiger partial charge in [0.1, 0.15) is 18.3 Å². The molecule has 3 aromatic carbocycles. The maximum Gasteiger partial charge on any atom is 0.264 e. The van der Waals surface area contributed by atoms with Gasteiger partial charge < -0.3 is 24.4 Å². The molecule has 0 aliphatic carbocycles. The van der Waals surface area contributed by atoms with Gasteiger partial charge in [-0.3, -0.25) is 13.9 Å². The molecule has 0 fully saturated rings. The van der Waals surface area contributed by atoms with E-state index in [0.29, 0.717) is 24.5 Å². The first-order valence-corrected chi connectivity index (χ1v) is 15.6. The van der Waals surface area contributed by atoms with Crippen LogP contribution in [-0.4, -0.2) is 71.1 Å². The van der Waals surface area contributed by atoms with E-state index in [0.717, 1.165) is 9.87 Å². The molecule has 1 N–H and O–H groups in total. The summed E-state index contributed by atoms with van der Waals surface area (Å²) >= 11 is 0. The van der Waals surface area contributed by atoms with E-state index in [9.17, 15) is 18.0 Å². The van der Waals surface area contributed by atoms with E-state index in [4.69, 9.17) is 14.2 Å². The number of methoxy groups -OCH3 is 2. The number of benzene rings is 3. The van der Waals surface area contributed by atoms with E-state index in [2.05, 4.69) is 5.32 Å². The van der Waals surface area contributed by atoms with E-state index < -0.39 is 28.5 Å². The fraction of sp³-hybridized carbons (Fsp3) is 0.375. The largest absolute Gasteiger partial charge is 0.494 e. The molecular weight excluding hydrogens is 570 g/mol. The van der Waals surface area contributed by atoms with Gasteiger partial charge in [0.25, 0.3) is 10.0 Å². The predicted molar refractivity (Wildman–Crippen MR) is 166 cm³/mol. The molecule has 10 nitrogen and oxygen atoms in total. The first-order chi connectivity index (χ1) is 20.5. The summed E-state index contributed by atoms with van der Waals surface area (Å²) in [6.45, 7) is 7.28. The van der Waals surface area contributed by atoms with Crippen molar-refractivity contribution in [1.82, 2.24) is 10.2 Å². The third-order valence-electron chi connectivity index (χ3n) is 6.74.